The summed E-state index contributed by atoms with van der Waals surface area (Å²) >= 11 is 5.59. The Labute approximate surface area is 136 Å². The van der Waals surface area contributed by atoms with E-state index in [0.29, 0.717) is 0 Å². The summed E-state index contributed by atoms with van der Waals surface area (Å²) in [5, 5.41) is 4.47. The van der Waals surface area contributed by atoms with Gasteiger partial charge in [0.05, 0.1) is 25.9 Å². The summed E-state index contributed by atoms with van der Waals surface area (Å²) in [6.45, 7) is 5.59. The number of rotatable bonds is 4. The number of hydrogen-bond acceptors (Lipinski definition) is 3. The van der Waals surface area contributed by atoms with Crippen LogP contribution in [0, 0.1) is 10.7 Å². The van der Waals surface area contributed by atoms with E-state index in [-0.39, 0.29) is 0 Å². The normalized spacial score (nSPS) is 21.7. The highest BCUT2D eigenvalue weighted by atomic mass is 32.1. The topological polar surface area (TPSA) is 36.4 Å². The highest BCUT2D eigenvalue weighted by molar-refractivity contribution is 7.71. The van der Waals surface area contributed by atoms with Crippen molar-refractivity contribution >= 4 is 12.2 Å². The number of aromatic nitrogens is 3. The first kappa shape index (κ1) is 15.2. The van der Waals surface area contributed by atoms with Crippen molar-refractivity contribution in [2.45, 2.75) is 26.4 Å². The molecule has 3 rings (SSSR count). The van der Waals surface area contributed by atoms with E-state index in [9.17, 15) is 0 Å². The van der Waals surface area contributed by atoms with Gasteiger partial charge >= 0.3 is 0 Å². The van der Waals surface area contributed by atoms with Crippen LogP contribution in [0.1, 0.15) is 19.8 Å². The van der Waals surface area contributed by atoms with E-state index in [1.54, 1.807) is 18.3 Å². The molecule has 0 spiro atoms. The summed E-state index contributed by atoms with van der Waals surface area (Å²) in [5.74, 6) is 1.67. The van der Waals surface area contributed by atoms with Crippen molar-refractivity contribution in [1.82, 2.24) is 14.3 Å². The molecule has 2 heterocycles. The number of benzene rings is 1. The van der Waals surface area contributed by atoms with Gasteiger partial charge in [-0.1, -0.05) is 13.0 Å². The first-order valence-electron chi connectivity index (χ1n) is 7.80. The van der Waals surface area contributed by atoms with Crippen LogP contribution in [0.15, 0.2) is 30.6 Å². The van der Waals surface area contributed by atoms with Crippen molar-refractivity contribution in [1.29, 1.82) is 0 Å². The Morgan fingerprint density at radius 2 is 2.14 bits per heavy atom. The third-order valence-electron chi connectivity index (χ3n) is 4.42. The Balaban J connectivity index is 1.78. The molecule has 0 bridgehead atoms. The molecule has 1 aromatic heterocycles. The zero-order valence-corrected chi connectivity index (χ0v) is 14.0. The van der Waals surface area contributed by atoms with Crippen LogP contribution in [-0.2, 0) is 6.67 Å². The van der Waals surface area contributed by atoms with Gasteiger partial charge in [-0.15, -0.1) is 0 Å². The third kappa shape index (κ3) is 3.23. The second kappa shape index (κ2) is 6.62. The molecule has 0 atom stereocenters. The van der Waals surface area contributed by atoms with E-state index in [1.807, 2.05) is 33.5 Å². The molecule has 6 heteroatoms. The highest BCUT2D eigenvalue weighted by Gasteiger charge is 2.19. The fourth-order valence-corrected chi connectivity index (χ4v) is 3.19. The van der Waals surface area contributed by atoms with Crippen LogP contribution >= 0.6 is 12.2 Å². The number of nitrogens with zero attached hydrogens (tertiary/aromatic N) is 3. The van der Waals surface area contributed by atoms with E-state index >= 15 is 0 Å². The standard InChI is InChI=1S/C16H22N4OS/c1-13-6-8-18(9-7-13)12-20-16(22)19(11-17-20)14-4-3-5-15(10-14)21-2/h3-5,10-11,13H,6-9,12H2,1-2H3/p+1. The second-order valence-corrected chi connectivity index (χ2v) is 6.44. The molecule has 0 aliphatic carbocycles. The Kier molecular flexibility index (Phi) is 4.59. The van der Waals surface area contributed by atoms with Gasteiger partial charge in [-0.25, -0.2) is 0 Å². The highest BCUT2D eigenvalue weighted by Crippen LogP contribution is 2.16. The van der Waals surface area contributed by atoms with Crippen molar-refractivity contribution in [3.8, 4) is 11.4 Å². The molecule has 2 aromatic rings. The lowest BCUT2D eigenvalue weighted by molar-refractivity contribution is -0.929. The third-order valence-corrected chi connectivity index (χ3v) is 4.83. The van der Waals surface area contributed by atoms with Crippen molar-refractivity contribution in [2.75, 3.05) is 20.2 Å². The molecule has 1 aliphatic heterocycles. The van der Waals surface area contributed by atoms with Gasteiger partial charge in [-0.2, -0.15) is 9.78 Å². The Morgan fingerprint density at radius 3 is 2.86 bits per heavy atom. The van der Waals surface area contributed by atoms with Gasteiger partial charge in [0.1, 0.15) is 12.1 Å². The van der Waals surface area contributed by atoms with Gasteiger partial charge in [0.25, 0.3) is 0 Å². The fourth-order valence-electron chi connectivity index (χ4n) is 2.92. The predicted octanol–water partition coefficient (Wildman–Crippen LogP) is 1.68. The molecular weight excluding hydrogens is 296 g/mol. The maximum Gasteiger partial charge on any atom is 0.207 e. The molecule has 1 saturated heterocycles. The number of ether oxygens (including phenoxy) is 1. The van der Waals surface area contributed by atoms with Crippen molar-refractivity contribution < 1.29 is 9.64 Å². The monoisotopic (exact) mass is 319 g/mol. The molecular formula is C16H23N4OS+. The molecule has 118 valence electrons. The molecule has 0 saturated carbocycles. The van der Waals surface area contributed by atoms with Crippen molar-refractivity contribution in [3.63, 3.8) is 0 Å². The first-order chi connectivity index (χ1) is 10.7. The molecule has 1 fully saturated rings. The molecule has 0 unspecified atom stereocenters. The molecule has 0 radical (unpaired) electrons. The van der Waals surface area contributed by atoms with Crippen LogP contribution < -0.4 is 9.64 Å². The van der Waals surface area contributed by atoms with Crippen LogP contribution in [0.2, 0.25) is 0 Å². The number of hydrogen-bond donors (Lipinski definition) is 1. The van der Waals surface area contributed by atoms with E-state index < -0.39 is 0 Å². The van der Waals surface area contributed by atoms with Crippen LogP contribution in [0.25, 0.3) is 5.69 Å². The zero-order valence-electron chi connectivity index (χ0n) is 13.2. The lowest BCUT2D eigenvalue weighted by atomic mass is 10.00. The summed E-state index contributed by atoms with van der Waals surface area (Å²) < 4.78 is 9.88. The van der Waals surface area contributed by atoms with Crippen LogP contribution in [-0.4, -0.2) is 34.5 Å². The minimum absolute atomic E-state index is 0.736. The maximum absolute atomic E-state index is 5.59. The first-order valence-corrected chi connectivity index (χ1v) is 8.20. The lowest BCUT2D eigenvalue weighted by Gasteiger charge is -2.26. The van der Waals surface area contributed by atoms with Gasteiger partial charge in [0.2, 0.25) is 4.77 Å². The number of quaternary nitrogens is 1. The molecule has 1 aliphatic rings. The van der Waals surface area contributed by atoms with Crippen molar-refractivity contribution in [2.24, 2.45) is 5.92 Å². The Hall–Kier alpha value is -1.66. The van der Waals surface area contributed by atoms with E-state index in [0.717, 1.165) is 28.8 Å². The zero-order chi connectivity index (χ0) is 15.5. The summed E-state index contributed by atoms with van der Waals surface area (Å²) in [4.78, 5) is 1.56. The van der Waals surface area contributed by atoms with Crippen LogP contribution in [0.4, 0.5) is 0 Å². The van der Waals surface area contributed by atoms with E-state index in [1.165, 1.54) is 25.9 Å². The summed E-state index contributed by atoms with van der Waals surface area (Å²) in [5.41, 5.74) is 0.984. The predicted molar refractivity (Wildman–Crippen MR) is 88.0 cm³/mol. The van der Waals surface area contributed by atoms with E-state index in [4.69, 9.17) is 17.0 Å². The minimum Gasteiger partial charge on any atom is -0.497 e. The van der Waals surface area contributed by atoms with Gasteiger partial charge in [-0.3, -0.25) is 4.57 Å². The quantitative estimate of drug-likeness (QED) is 0.871. The van der Waals surface area contributed by atoms with Gasteiger partial charge in [0.15, 0.2) is 6.67 Å². The van der Waals surface area contributed by atoms with Gasteiger partial charge in [0, 0.05) is 6.07 Å². The van der Waals surface area contributed by atoms with E-state index in [2.05, 4.69) is 12.0 Å². The van der Waals surface area contributed by atoms with Crippen molar-refractivity contribution in [3.05, 3.63) is 35.4 Å². The van der Waals surface area contributed by atoms with Gasteiger partial charge in [-0.05, 0) is 43.1 Å². The van der Waals surface area contributed by atoms with Gasteiger partial charge < -0.3 is 9.64 Å². The summed E-state index contributed by atoms with van der Waals surface area (Å²) in [6, 6.07) is 7.87. The molecule has 0 amide bonds. The van der Waals surface area contributed by atoms with Crippen LogP contribution in [0.5, 0.6) is 5.75 Å². The molecule has 1 N–H and O–H groups in total. The largest absolute Gasteiger partial charge is 0.497 e. The minimum atomic E-state index is 0.736. The average Bonchev–Trinajstić information content (AvgIpc) is 2.90. The Morgan fingerprint density at radius 1 is 1.36 bits per heavy atom. The smallest absolute Gasteiger partial charge is 0.207 e. The number of likely N-dealkylation sites (tertiary alicyclic amines) is 1. The molecule has 22 heavy (non-hydrogen) atoms. The number of methoxy groups -OCH3 is 1. The lowest BCUT2D eigenvalue weighted by Crippen LogP contribution is -3.12. The summed E-state index contributed by atoms with van der Waals surface area (Å²) in [7, 11) is 1.67. The molecule has 1 aromatic carbocycles. The maximum atomic E-state index is 5.59. The summed E-state index contributed by atoms with van der Waals surface area (Å²) in [6.07, 6.45) is 4.38. The number of nitrogens with one attached hydrogen (secondary N) is 1. The fraction of sp³-hybridized carbons (Fsp3) is 0.500. The number of piperidine rings is 1. The molecule has 5 nitrogen and oxygen atoms in total. The SMILES string of the molecule is COc1cccc(-n2cnn(C[NH+]3CCC(C)CC3)c2=S)c1. The Bertz CT molecular complexity index is 685. The second-order valence-electron chi connectivity index (χ2n) is 6.08. The van der Waals surface area contributed by atoms with Crippen LogP contribution in [0.3, 0.4) is 0 Å². The average molecular weight is 319 g/mol.